The lowest BCUT2D eigenvalue weighted by Crippen LogP contribution is -2.31. The van der Waals surface area contributed by atoms with E-state index in [-0.39, 0.29) is 11.8 Å². The standard InChI is InChI=1S/C26H26Cl2N4O3S/c1-3-11-36-26-30-25-29-19-5-4-6-20(33)23(19)24(32(25)31-26)16-8-10-21(22(13-16)34-2)35-14-15-7-9-17(27)18(28)12-15/h7-10,12-13,24H,3-6,11,14H2,1-2H3,(H,29,30,31). The number of ketones is 1. The number of nitrogens with zero attached hydrogens (tertiary/aromatic N) is 3. The number of hydrogen-bond acceptors (Lipinski definition) is 7. The minimum atomic E-state index is -0.384. The average Bonchev–Trinajstić information content (AvgIpc) is 3.29. The summed E-state index contributed by atoms with van der Waals surface area (Å²) < 4.78 is 13.5. The summed E-state index contributed by atoms with van der Waals surface area (Å²) in [5.41, 5.74) is 3.45. The van der Waals surface area contributed by atoms with Crippen LogP contribution in [0, 0.1) is 0 Å². The van der Waals surface area contributed by atoms with E-state index < -0.39 is 0 Å². The smallest absolute Gasteiger partial charge is 0.227 e. The van der Waals surface area contributed by atoms with Crippen molar-refractivity contribution in [2.45, 2.75) is 50.4 Å². The van der Waals surface area contributed by atoms with Gasteiger partial charge < -0.3 is 14.8 Å². The van der Waals surface area contributed by atoms with Crippen molar-refractivity contribution in [1.29, 1.82) is 0 Å². The zero-order chi connectivity index (χ0) is 25.2. The molecule has 1 aromatic heterocycles. The van der Waals surface area contributed by atoms with Crippen LogP contribution in [-0.4, -0.2) is 33.4 Å². The number of fused-ring (bicyclic) bond motifs is 1. The van der Waals surface area contributed by atoms with E-state index in [0.717, 1.165) is 47.4 Å². The first-order chi connectivity index (χ1) is 17.5. The van der Waals surface area contributed by atoms with E-state index in [2.05, 4.69) is 12.2 Å². The molecule has 0 fully saturated rings. The normalized spacial score (nSPS) is 16.9. The molecule has 2 aromatic carbocycles. The lowest BCUT2D eigenvalue weighted by Gasteiger charge is -2.32. The predicted molar refractivity (Wildman–Crippen MR) is 142 cm³/mol. The van der Waals surface area contributed by atoms with E-state index in [1.165, 1.54) is 0 Å². The van der Waals surface area contributed by atoms with Gasteiger partial charge in [-0.15, -0.1) is 5.10 Å². The van der Waals surface area contributed by atoms with E-state index in [1.807, 2.05) is 28.9 Å². The molecule has 0 spiro atoms. The lowest BCUT2D eigenvalue weighted by atomic mass is 9.85. The zero-order valence-corrected chi connectivity index (χ0v) is 22.3. The van der Waals surface area contributed by atoms with Crippen molar-refractivity contribution in [1.82, 2.24) is 14.8 Å². The Morgan fingerprint density at radius 1 is 1.14 bits per heavy atom. The summed E-state index contributed by atoms with van der Waals surface area (Å²) in [6, 6.07) is 10.7. The Kier molecular flexibility index (Phi) is 7.46. The van der Waals surface area contributed by atoms with Gasteiger partial charge in [-0.05, 0) is 54.7 Å². The summed E-state index contributed by atoms with van der Waals surface area (Å²) in [6.45, 7) is 2.43. The van der Waals surface area contributed by atoms with Crippen LogP contribution in [0.15, 0.2) is 52.8 Å². The van der Waals surface area contributed by atoms with Gasteiger partial charge in [0.2, 0.25) is 11.1 Å². The molecule has 0 saturated carbocycles. The number of nitrogens with one attached hydrogen (secondary N) is 1. The fourth-order valence-electron chi connectivity index (χ4n) is 4.46. The molecule has 0 amide bonds. The highest BCUT2D eigenvalue weighted by Gasteiger charge is 2.37. The fourth-order valence-corrected chi connectivity index (χ4v) is 5.47. The van der Waals surface area contributed by atoms with Gasteiger partial charge in [-0.1, -0.05) is 54.0 Å². The molecule has 1 N–H and O–H groups in total. The predicted octanol–water partition coefficient (Wildman–Crippen LogP) is 6.70. The van der Waals surface area contributed by atoms with Crippen LogP contribution in [0.3, 0.4) is 0 Å². The number of allylic oxidation sites excluding steroid dienone is 2. The average molecular weight is 545 g/mol. The number of hydrogen-bond donors (Lipinski definition) is 1. The van der Waals surface area contributed by atoms with Crippen LogP contribution >= 0.6 is 35.0 Å². The largest absolute Gasteiger partial charge is 0.493 e. The molecule has 188 valence electrons. The molecular formula is C26H26Cl2N4O3S. The van der Waals surface area contributed by atoms with Crippen molar-refractivity contribution >= 4 is 46.7 Å². The second kappa shape index (κ2) is 10.7. The molecule has 0 bridgehead atoms. The maximum Gasteiger partial charge on any atom is 0.227 e. The van der Waals surface area contributed by atoms with Crippen molar-refractivity contribution in [2.24, 2.45) is 0 Å². The van der Waals surface area contributed by atoms with Crippen LogP contribution in [0.2, 0.25) is 10.0 Å². The maximum atomic E-state index is 13.1. The summed E-state index contributed by atoms with van der Waals surface area (Å²) in [5, 5.41) is 9.81. The van der Waals surface area contributed by atoms with E-state index >= 15 is 0 Å². The van der Waals surface area contributed by atoms with Gasteiger partial charge in [-0.2, -0.15) is 4.98 Å². The van der Waals surface area contributed by atoms with E-state index in [0.29, 0.717) is 45.7 Å². The lowest BCUT2D eigenvalue weighted by molar-refractivity contribution is -0.116. The maximum absolute atomic E-state index is 13.1. The molecule has 2 aliphatic rings. The van der Waals surface area contributed by atoms with Crippen molar-refractivity contribution in [3.8, 4) is 11.5 Å². The number of halogens is 2. The first kappa shape index (κ1) is 25.0. The third kappa shape index (κ3) is 4.94. The van der Waals surface area contributed by atoms with Crippen molar-refractivity contribution in [3.05, 3.63) is 68.8 Å². The number of thioether (sulfide) groups is 1. The molecule has 36 heavy (non-hydrogen) atoms. The molecule has 0 saturated heterocycles. The molecule has 1 aliphatic heterocycles. The molecule has 0 radical (unpaired) electrons. The molecule has 5 rings (SSSR count). The van der Waals surface area contributed by atoms with Crippen LogP contribution in [0.25, 0.3) is 0 Å². The Labute approximate surface area is 224 Å². The van der Waals surface area contributed by atoms with Crippen LogP contribution in [0.1, 0.15) is 49.8 Å². The van der Waals surface area contributed by atoms with Gasteiger partial charge in [0.1, 0.15) is 12.6 Å². The molecule has 1 atom stereocenters. The SMILES string of the molecule is CCCSc1nc2n(n1)C(c1ccc(OCc3ccc(Cl)c(Cl)c3)c(OC)c1)C1=C(CCCC1=O)N2. The van der Waals surface area contributed by atoms with Crippen LogP contribution in [0.5, 0.6) is 11.5 Å². The van der Waals surface area contributed by atoms with Gasteiger partial charge in [0.05, 0.1) is 17.2 Å². The number of aromatic nitrogens is 3. The number of carbonyl (C=O) groups excluding carboxylic acids is 1. The highest BCUT2D eigenvalue weighted by atomic mass is 35.5. The number of anilines is 1. The van der Waals surface area contributed by atoms with E-state index in [4.69, 9.17) is 42.8 Å². The summed E-state index contributed by atoms with van der Waals surface area (Å²) in [6.07, 6.45) is 3.19. The number of rotatable bonds is 8. The second-order valence-corrected chi connectivity index (χ2v) is 10.5. The molecule has 10 heteroatoms. The molecule has 1 unspecified atom stereocenters. The van der Waals surface area contributed by atoms with Gasteiger partial charge >= 0.3 is 0 Å². The third-order valence-electron chi connectivity index (χ3n) is 6.17. The molecule has 1 aliphatic carbocycles. The Morgan fingerprint density at radius 3 is 2.78 bits per heavy atom. The second-order valence-electron chi connectivity index (χ2n) is 8.65. The van der Waals surface area contributed by atoms with Gasteiger partial charge in [-0.3, -0.25) is 4.79 Å². The molecular weight excluding hydrogens is 519 g/mol. The van der Waals surface area contributed by atoms with Crippen LogP contribution in [0.4, 0.5) is 5.95 Å². The Hall–Kier alpha value is -2.68. The summed E-state index contributed by atoms with van der Waals surface area (Å²) in [5.74, 6) is 2.88. The van der Waals surface area contributed by atoms with Crippen molar-refractivity contribution < 1.29 is 14.3 Å². The monoisotopic (exact) mass is 544 g/mol. The van der Waals surface area contributed by atoms with E-state index in [1.54, 1.807) is 31.0 Å². The minimum absolute atomic E-state index is 0.136. The third-order valence-corrected chi connectivity index (χ3v) is 7.95. The number of ether oxygens (including phenoxy) is 2. The number of carbonyl (C=O) groups is 1. The highest BCUT2D eigenvalue weighted by Crippen LogP contribution is 2.42. The summed E-state index contributed by atoms with van der Waals surface area (Å²) >= 11 is 13.8. The first-order valence-corrected chi connectivity index (χ1v) is 13.6. The highest BCUT2D eigenvalue weighted by molar-refractivity contribution is 7.99. The first-order valence-electron chi connectivity index (χ1n) is 11.9. The quantitative estimate of drug-likeness (QED) is 0.316. The van der Waals surface area contributed by atoms with Gasteiger partial charge in [0, 0.05) is 23.4 Å². The van der Waals surface area contributed by atoms with Crippen LogP contribution < -0.4 is 14.8 Å². The topological polar surface area (TPSA) is 78.3 Å². The van der Waals surface area contributed by atoms with Crippen molar-refractivity contribution in [2.75, 3.05) is 18.2 Å². The molecule has 7 nitrogen and oxygen atoms in total. The minimum Gasteiger partial charge on any atom is -0.493 e. The van der Waals surface area contributed by atoms with E-state index in [9.17, 15) is 4.79 Å². The van der Waals surface area contributed by atoms with Gasteiger partial charge in [0.25, 0.3) is 0 Å². The van der Waals surface area contributed by atoms with Crippen molar-refractivity contribution in [3.63, 3.8) is 0 Å². The molecule has 3 aromatic rings. The van der Waals surface area contributed by atoms with Crippen LogP contribution in [-0.2, 0) is 11.4 Å². The Balaban J connectivity index is 1.48. The molecule has 2 heterocycles. The number of methoxy groups -OCH3 is 1. The fraction of sp³-hybridized carbons (Fsp3) is 0.346. The number of Topliss-reactive ketones (excluding diaryl/α,β-unsaturated/α-hetero) is 1. The summed E-state index contributed by atoms with van der Waals surface area (Å²) in [4.78, 5) is 17.8. The zero-order valence-electron chi connectivity index (χ0n) is 20.0. The Bertz CT molecular complexity index is 1340. The Morgan fingerprint density at radius 2 is 2.00 bits per heavy atom. The van der Waals surface area contributed by atoms with Gasteiger partial charge in [0.15, 0.2) is 17.3 Å². The van der Waals surface area contributed by atoms with Gasteiger partial charge in [-0.25, -0.2) is 4.68 Å². The summed E-state index contributed by atoms with van der Waals surface area (Å²) in [7, 11) is 1.60. The number of benzene rings is 2.